The van der Waals surface area contributed by atoms with Crippen LogP contribution in [-0.4, -0.2) is 23.2 Å². The van der Waals surface area contributed by atoms with E-state index >= 15 is 0 Å². The second-order valence-corrected chi connectivity index (χ2v) is 8.22. The molecule has 4 N–H and O–H groups in total. The molecule has 0 aliphatic carbocycles. The zero-order chi connectivity index (χ0) is 23.9. The summed E-state index contributed by atoms with van der Waals surface area (Å²) in [6.45, 7) is 3.85. The number of anilines is 4. The molecular formula is C21H21N5O6S. The largest absolute Gasteiger partial charge is 0.504 e. The average molecular weight is 471 g/mol. The van der Waals surface area contributed by atoms with Crippen LogP contribution in [0, 0.1) is 6.92 Å². The summed E-state index contributed by atoms with van der Waals surface area (Å²) in [6.07, 6.45) is 2.42. The van der Waals surface area contributed by atoms with Crippen molar-refractivity contribution in [3.05, 3.63) is 66.2 Å². The molecule has 4 aromatic rings. The number of hydrazine groups is 1. The Labute approximate surface area is 191 Å². The molecule has 0 aliphatic heterocycles. The highest BCUT2D eigenvalue weighted by atomic mass is 32.1. The summed E-state index contributed by atoms with van der Waals surface area (Å²) >= 11 is 0.938. The molecule has 172 valence electrons. The standard InChI is InChI=1S/C21H21N5O6S/c1-4-11-6-12(31-8-11)7-23-15-16(19(29)18(15)28)26(22)13-9-33-20(17(13)27)21(30)25(3)14-5-10(2)32-24-14/h5-6,8-9,23,27H,4,7,22H2,1-3H3. The van der Waals surface area contributed by atoms with Crippen molar-refractivity contribution >= 4 is 40.1 Å². The monoisotopic (exact) mass is 471 g/mol. The van der Waals surface area contributed by atoms with Crippen molar-refractivity contribution in [3.8, 4) is 5.75 Å². The Hall–Kier alpha value is -3.90. The fourth-order valence-corrected chi connectivity index (χ4v) is 4.12. The zero-order valence-corrected chi connectivity index (χ0v) is 18.9. The van der Waals surface area contributed by atoms with Gasteiger partial charge < -0.3 is 19.4 Å². The molecule has 0 saturated heterocycles. The number of furan rings is 1. The number of thiophene rings is 1. The van der Waals surface area contributed by atoms with Crippen LogP contribution in [-0.2, 0) is 13.0 Å². The lowest BCUT2D eigenvalue weighted by atomic mass is 10.1. The van der Waals surface area contributed by atoms with E-state index in [1.165, 1.54) is 17.3 Å². The number of nitrogens with two attached hydrogens (primary N) is 1. The van der Waals surface area contributed by atoms with Crippen molar-refractivity contribution in [2.75, 3.05) is 22.3 Å². The van der Waals surface area contributed by atoms with Crippen molar-refractivity contribution in [1.82, 2.24) is 5.16 Å². The maximum Gasteiger partial charge on any atom is 0.273 e. The van der Waals surface area contributed by atoms with Crippen LogP contribution in [0.2, 0.25) is 0 Å². The van der Waals surface area contributed by atoms with Crippen LogP contribution in [0.15, 0.2) is 42.3 Å². The van der Waals surface area contributed by atoms with Gasteiger partial charge in [0.15, 0.2) is 11.6 Å². The van der Waals surface area contributed by atoms with Gasteiger partial charge in [-0.05, 0) is 25.0 Å². The lowest BCUT2D eigenvalue weighted by Crippen LogP contribution is -2.43. The Morgan fingerprint density at radius 2 is 2.06 bits per heavy atom. The number of amides is 1. The van der Waals surface area contributed by atoms with Crippen LogP contribution in [0.5, 0.6) is 5.75 Å². The average Bonchev–Trinajstić information content (AvgIpc) is 3.54. The third-order valence-electron chi connectivity index (χ3n) is 5.15. The number of nitrogens with zero attached hydrogens (tertiary/aromatic N) is 3. The fourth-order valence-electron chi connectivity index (χ4n) is 3.21. The molecule has 0 fully saturated rings. The van der Waals surface area contributed by atoms with E-state index in [2.05, 4.69) is 10.5 Å². The number of nitrogens with one attached hydrogen (secondary N) is 1. The predicted octanol–water partition coefficient (Wildman–Crippen LogP) is 2.40. The normalized spacial score (nSPS) is 11.2. The number of carbonyl (C=O) groups excluding carboxylic acids is 1. The summed E-state index contributed by atoms with van der Waals surface area (Å²) < 4.78 is 10.4. The quantitative estimate of drug-likeness (QED) is 0.198. The van der Waals surface area contributed by atoms with E-state index < -0.39 is 22.5 Å². The van der Waals surface area contributed by atoms with Gasteiger partial charge in [-0.3, -0.25) is 24.3 Å². The van der Waals surface area contributed by atoms with Crippen molar-refractivity contribution in [2.24, 2.45) is 5.84 Å². The first-order chi connectivity index (χ1) is 15.7. The van der Waals surface area contributed by atoms with Crippen molar-refractivity contribution in [2.45, 2.75) is 26.8 Å². The van der Waals surface area contributed by atoms with Crippen LogP contribution in [0.25, 0.3) is 0 Å². The van der Waals surface area contributed by atoms with Crippen molar-refractivity contribution in [1.29, 1.82) is 0 Å². The highest BCUT2D eigenvalue weighted by Gasteiger charge is 2.30. The number of aryl methyl sites for hydroxylation is 2. The third-order valence-corrected chi connectivity index (χ3v) is 6.09. The van der Waals surface area contributed by atoms with Crippen molar-refractivity contribution in [3.63, 3.8) is 0 Å². The summed E-state index contributed by atoms with van der Waals surface area (Å²) in [5.74, 6) is 6.50. The molecule has 33 heavy (non-hydrogen) atoms. The van der Waals surface area contributed by atoms with Gasteiger partial charge in [-0.15, -0.1) is 11.3 Å². The van der Waals surface area contributed by atoms with Crippen LogP contribution >= 0.6 is 11.3 Å². The zero-order valence-electron chi connectivity index (χ0n) is 18.0. The van der Waals surface area contributed by atoms with E-state index in [1.54, 1.807) is 19.3 Å². The lowest BCUT2D eigenvalue weighted by Gasteiger charge is -2.22. The van der Waals surface area contributed by atoms with E-state index in [0.29, 0.717) is 11.5 Å². The molecule has 3 aromatic heterocycles. The van der Waals surface area contributed by atoms with Gasteiger partial charge in [0, 0.05) is 18.5 Å². The second-order valence-electron chi connectivity index (χ2n) is 7.34. The Balaban J connectivity index is 1.55. The van der Waals surface area contributed by atoms with Gasteiger partial charge in [-0.1, -0.05) is 12.1 Å². The van der Waals surface area contributed by atoms with E-state index in [-0.39, 0.29) is 34.3 Å². The van der Waals surface area contributed by atoms with E-state index in [9.17, 15) is 19.5 Å². The minimum Gasteiger partial charge on any atom is -0.504 e. The van der Waals surface area contributed by atoms with Gasteiger partial charge in [0.05, 0.1) is 12.8 Å². The minimum atomic E-state index is -0.803. The van der Waals surface area contributed by atoms with E-state index in [4.69, 9.17) is 14.8 Å². The third kappa shape index (κ3) is 3.90. The molecule has 11 nitrogen and oxygen atoms in total. The number of aromatic nitrogens is 1. The second kappa shape index (κ2) is 8.56. The molecule has 0 atom stereocenters. The van der Waals surface area contributed by atoms with Crippen LogP contribution in [0.1, 0.15) is 33.7 Å². The Morgan fingerprint density at radius 1 is 1.30 bits per heavy atom. The first-order valence-electron chi connectivity index (χ1n) is 9.93. The van der Waals surface area contributed by atoms with Gasteiger partial charge in [0.1, 0.15) is 33.5 Å². The highest BCUT2D eigenvalue weighted by molar-refractivity contribution is 7.13. The Bertz CT molecular complexity index is 1390. The summed E-state index contributed by atoms with van der Waals surface area (Å²) in [5.41, 5.74) is -0.629. The van der Waals surface area contributed by atoms with Gasteiger partial charge in [-0.25, -0.2) is 5.84 Å². The van der Waals surface area contributed by atoms with E-state index in [0.717, 1.165) is 28.3 Å². The number of carbonyl (C=O) groups is 1. The molecule has 3 heterocycles. The molecule has 0 radical (unpaired) electrons. The predicted molar refractivity (Wildman–Crippen MR) is 123 cm³/mol. The molecule has 0 aliphatic rings. The molecule has 12 heteroatoms. The summed E-state index contributed by atoms with van der Waals surface area (Å²) in [5, 5.41) is 19.6. The number of rotatable bonds is 8. The number of hydrogen-bond acceptors (Lipinski definition) is 11. The van der Waals surface area contributed by atoms with Gasteiger partial charge in [0.2, 0.25) is 0 Å². The first-order valence-corrected chi connectivity index (χ1v) is 10.8. The Kier molecular flexibility index (Phi) is 5.78. The molecule has 0 spiro atoms. The van der Waals surface area contributed by atoms with E-state index in [1.807, 2.05) is 13.0 Å². The molecule has 1 amide bonds. The van der Waals surface area contributed by atoms with Gasteiger partial charge >= 0.3 is 0 Å². The molecular weight excluding hydrogens is 450 g/mol. The summed E-state index contributed by atoms with van der Waals surface area (Å²) in [4.78, 5) is 38.4. The van der Waals surface area contributed by atoms with Crippen LogP contribution in [0.4, 0.5) is 22.9 Å². The maximum atomic E-state index is 12.8. The Morgan fingerprint density at radius 3 is 2.70 bits per heavy atom. The molecule has 0 saturated carbocycles. The SMILES string of the molecule is CCc1coc(CNc2c(N(N)c3csc(C(=O)N(C)c4cc(C)on4)c3O)c(=O)c2=O)c1. The van der Waals surface area contributed by atoms with Crippen LogP contribution < -0.4 is 31.9 Å². The fraction of sp³-hybridized carbons (Fsp3) is 0.238. The van der Waals surface area contributed by atoms with Crippen molar-refractivity contribution < 1.29 is 18.8 Å². The highest BCUT2D eigenvalue weighted by Crippen LogP contribution is 2.40. The van der Waals surface area contributed by atoms with Gasteiger partial charge in [-0.2, -0.15) is 0 Å². The minimum absolute atomic E-state index is 0.00520. The summed E-state index contributed by atoms with van der Waals surface area (Å²) in [7, 11) is 1.48. The first kappa shape index (κ1) is 22.3. The summed E-state index contributed by atoms with van der Waals surface area (Å²) in [6, 6.07) is 3.41. The molecule has 1 aromatic carbocycles. The van der Waals surface area contributed by atoms with Crippen LogP contribution in [0.3, 0.4) is 0 Å². The number of aromatic hydroxyl groups is 1. The number of hydrogen-bond donors (Lipinski definition) is 3. The molecule has 0 bridgehead atoms. The van der Waals surface area contributed by atoms with Gasteiger partial charge in [0.25, 0.3) is 16.8 Å². The lowest BCUT2D eigenvalue weighted by molar-refractivity contribution is 0.0993. The molecule has 0 unspecified atom stereocenters. The molecule has 4 rings (SSSR count). The maximum absolute atomic E-state index is 12.8. The topological polar surface area (TPSA) is 155 Å². The smallest absolute Gasteiger partial charge is 0.273 e.